The van der Waals surface area contributed by atoms with Crippen molar-refractivity contribution >= 4 is 11.7 Å². The number of aromatic nitrogens is 1. The lowest BCUT2D eigenvalue weighted by Gasteiger charge is -2.12. The van der Waals surface area contributed by atoms with Crippen molar-refractivity contribution in [1.29, 1.82) is 0 Å². The van der Waals surface area contributed by atoms with Crippen LogP contribution in [-0.4, -0.2) is 25.1 Å². The zero-order valence-electron chi connectivity index (χ0n) is 14.0. The molecule has 1 fully saturated rings. The molecule has 1 heterocycles. The second-order valence-electron chi connectivity index (χ2n) is 5.98. The van der Waals surface area contributed by atoms with Crippen LogP contribution in [0.15, 0.2) is 36.4 Å². The Morgan fingerprint density at radius 3 is 2.38 bits per heavy atom. The fraction of sp³-hybridized carbons (Fsp3) is 0.368. The maximum atomic E-state index is 12.3. The lowest BCUT2D eigenvalue weighted by molar-refractivity contribution is -0.119. The van der Waals surface area contributed by atoms with Crippen LogP contribution >= 0.6 is 0 Å². The first-order chi connectivity index (χ1) is 11.7. The summed E-state index contributed by atoms with van der Waals surface area (Å²) in [6.45, 7) is 0. The van der Waals surface area contributed by atoms with Gasteiger partial charge in [-0.25, -0.2) is 4.98 Å². The van der Waals surface area contributed by atoms with E-state index in [1.807, 2.05) is 36.4 Å². The molecule has 0 spiro atoms. The van der Waals surface area contributed by atoms with E-state index in [0.29, 0.717) is 17.3 Å². The molecule has 24 heavy (non-hydrogen) atoms. The third-order valence-electron chi connectivity index (χ3n) is 4.37. The molecule has 1 aromatic carbocycles. The van der Waals surface area contributed by atoms with Crippen LogP contribution in [0.4, 0.5) is 5.82 Å². The van der Waals surface area contributed by atoms with E-state index >= 15 is 0 Å². The predicted octanol–water partition coefficient (Wildman–Crippen LogP) is 3.89. The number of nitrogens with zero attached hydrogens (tertiary/aromatic N) is 1. The number of amides is 1. The second kappa shape index (κ2) is 7.34. The molecule has 5 heteroatoms. The van der Waals surface area contributed by atoms with Crippen molar-refractivity contribution in [3.05, 3.63) is 36.4 Å². The summed E-state index contributed by atoms with van der Waals surface area (Å²) in [5.41, 5.74) is 1.64. The van der Waals surface area contributed by atoms with E-state index in [9.17, 15) is 4.79 Å². The molecule has 1 aliphatic rings. The van der Waals surface area contributed by atoms with E-state index in [2.05, 4.69) is 10.3 Å². The van der Waals surface area contributed by atoms with Gasteiger partial charge in [0.05, 0.1) is 19.9 Å². The fourth-order valence-corrected chi connectivity index (χ4v) is 3.04. The van der Waals surface area contributed by atoms with E-state index < -0.39 is 0 Å². The molecule has 2 aromatic rings. The molecule has 0 radical (unpaired) electrons. The van der Waals surface area contributed by atoms with E-state index in [1.165, 1.54) is 0 Å². The number of carbonyl (C=O) groups is 1. The summed E-state index contributed by atoms with van der Waals surface area (Å²) in [4.78, 5) is 16.8. The molecule has 1 amide bonds. The first-order valence-electron chi connectivity index (χ1n) is 8.21. The summed E-state index contributed by atoms with van der Waals surface area (Å²) < 4.78 is 10.6. The van der Waals surface area contributed by atoms with Gasteiger partial charge in [-0.05, 0) is 37.1 Å². The van der Waals surface area contributed by atoms with Crippen LogP contribution in [0, 0.1) is 5.92 Å². The monoisotopic (exact) mass is 326 g/mol. The highest BCUT2D eigenvalue weighted by molar-refractivity contribution is 5.92. The highest BCUT2D eigenvalue weighted by atomic mass is 16.5. The lowest BCUT2D eigenvalue weighted by atomic mass is 10.1. The molecule has 0 atom stereocenters. The zero-order chi connectivity index (χ0) is 16.9. The smallest absolute Gasteiger partial charge is 0.228 e. The van der Waals surface area contributed by atoms with E-state index in [1.54, 1.807) is 14.2 Å². The highest BCUT2D eigenvalue weighted by Gasteiger charge is 2.22. The van der Waals surface area contributed by atoms with Gasteiger partial charge in [0, 0.05) is 17.5 Å². The third-order valence-corrected chi connectivity index (χ3v) is 4.37. The minimum Gasteiger partial charge on any atom is -0.497 e. The third kappa shape index (κ3) is 3.67. The van der Waals surface area contributed by atoms with Crippen LogP contribution < -0.4 is 14.8 Å². The first kappa shape index (κ1) is 16.3. The Morgan fingerprint density at radius 2 is 1.75 bits per heavy atom. The molecular formula is C19H22N2O3. The summed E-state index contributed by atoms with van der Waals surface area (Å²) in [5, 5.41) is 2.94. The van der Waals surface area contributed by atoms with Gasteiger partial charge in [0.25, 0.3) is 0 Å². The normalized spacial score (nSPS) is 14.4. The van der Waals surface area contributed by atoms with Gasteiger partial charge in [-0.1, -0.05) is 18.9 Å². The van der Waals surface area contributed by atoms with Gasteiger partial charge >= 0.3 is 0 Å². The number of methoxy groups -OCH3 is 2. The van der Waals surface area contributed by atoms with Crippen molar-refractivity contribution in [3.63, 3.8) is 0 Å². The first-order valence-corrected chi connectivity index (χ1v) is 8.21. The van der Waals surface area contributed by atoms with Crippen LogP contribution in [0.3, 0.4) is 0 Å². The van der Waals surface area contributed by atoms with Crippen LogP contribution in [0.2, 0.25) is 0 Å². The number of benzene rings is 1. The quantitative estimate of drug-likeness (QED) is 0.905. The van der Waals surface area contributed by atoms with E-state index in [-0.39, 0.29) is 11.8 Å². The van der Waals surface area contributed by atoms with Gasteiger partial charge < -0.3 is 14.8 Å². The van der Waals surface area contributed by atoms with Crippen molar-refractivity contribution in [2.45, 2.75) is 25.7 Å². The number of carbonyl (C=O) groups excluding carboxylic acids is 1. The number of rotatable bonds is 5. The molecule has 1 aliphatic carbocycles. The molecule has 3 rings (SSSR count). The Kier molecular flexibility index (Phi) is 4.99. The van der Waals surface area contributed by atoms with Crippen LogP contribution in [0.25, 0.3) is 11.3 Å². The Morgan fingerprint density at radius 1 is 1.08 bits per heavy atom. The molecule has 1 N–H and O–H groups in total. The minimum atomic E-state index is 0.0698. The number of hydrogen-bond acceptors (Lipinski definition) is 4. The van der Waals surface area contributed by atoms with Crippen molar-refractivity contribution in [1.82, 2.24) is 4.98 Å². The molecule has 5 nitrogen and oxygen atoms in total. The van der Waals surface area contributed by atoms with E-state index in [4.69, 9.17) is 9.47 Å². The second-order valence-corrected chi connectivity index (χ2v) is 5.98. The standard InChI is InChI=1S/C19H22N2O3/c1-23-15-10-14(11-16(12-15)24-2)17-8-5-9-18(20-17)21-19(22)13-6-3-4-7-13/h5,8-13H,3-4,6-7H2,1-2H3,(H,20,21,22). The Labute approximate surface area is 142 Å². The molecular weight excluding hydrogens is 304 g/mol. The van der Waals surface area contributed by atoms with Gasteiger partial charge in [-0.15, -0.1) is 0 Å². The van der Waals surface area contributed by atoms with Crippen molar-refractivity contribution < 1.29 is 14.3 Å². The van der Waals surface area contributed by atoms with Crippen molar-refractivity contribution in [2.24, 2.45) is 5.92 Å². The number of ether oxygens (including phenoxy) is 2. The molecule has 1 saturated carbocycles. The van der Waals surface area contributed by atoms with E-state index in [0.717, 1.165) is 36.9 Å². The number of anilines is 1. The summed E-state index contributed by atoms with van der Waals surface area (Å²) >= 11 is 0. The van der Waals surface area contributed by atoms with Crippen molar-refractivity contribution in [2.75, 3.05) is 19.5 Å². The molecule has 0 bridgehead atoms. The predicted molar refractivity (Wildman–Crippen MR) is 93.4 cm³/mol. The Hall–Kier alpha value is -2.56. The number of nitrogens with one attached hydrogen (secondary N) is 1. The van der Waals surface area contributed by atoms with Gasteiger partial charge in [-0.3, -0.25) is 4.79 Å². The summed E-state index contributed by atoms with van der Waals surface area (Å²) in [6.07, 6.45) is 4.21. The average Bonchev–Trinajstić information content (AvgIpc) is 3.16. The Balaban J connectivity index is 1.83. The number of hydrogen-bond donors (Lipinski definition) is 1. The molecule has 1 aromatic heterocycles. The van der Waals surface area contributed by atoms with Crippen LogP contribution in [0.5, 0.6) is 11.5 Å². The minimum absolute atomic E-state index is 0.0698. The maximum absolute atomic E-state index is 12.3. The summed E-state index contributed by atoms with van der Waals surface area (Å²) in [7, 11) is 3.23. The topological polar surface area (TPSA) is 60.5 Å². The molecule has 0 saturated heterocycles. The van der Waals surface area contributed by atoms with Gasteiger partial charge in [0.1, 0.15) is 17.3 Å². The molecule has 0 aliphatic heterocycles. The fourth-order valence-electron chi connectivity index (χ4n) is 3.04. The molecule has 0 unspecified atom stereocenters. The van der Waals surface area contributed by atoms with Gasteiger partial charge in [-0.2, -0.15) is 0 Å². The summed E-state index contributed by atoms with van der Waals surface area (Å²) in [5.74, 6) is 2.16. The largest absolute Gasteiger partial charge is 0.497 e. The average molecular weight is 326 g/mol. The van der Waals surface area contributed by atoms with Gasteiger partial charge in [0.2, 0.25) is 5.91 Å². The maximum Gasteiger partial charge on any atom is 0.228 e. The summed E-state index contributed by atoms with van der Waals surface area (Å²) in [6, 6.07) is 11.2. The SMILES string of the molecule is COc1cc(OC)cc(-c2cccc(NC(=O)C3CCCC3)n2)c1. The zero-order valence-corrected chi connectivity index (χ0v) is 14.0. The number of pyridine rings is 1. The lowest BCUT2D eigenvalue weighted by Crippen LogP contribution is -2.20. The Bertz CT molecular complexity index is 702. The van der Waals surface area contributed by atoms with Gasteiger partial charge in [0.15, 0.2) is 0 Å². The highest BCUT2D eigenvalue weighted by Crippen LogP contribution is 2.30. The van der Waals surface area contributed by atoms with Crippen LogP contribution in [0.1, 0.15) is 25.7 Å². The van der Waals surface area contributed by atoms with Crippen LogP contribution in [-0.2, 0) is 4.79 Å². The molecule has 126 valence electrons. The van der Waals surface area contributed by atoms with Crippen molar-refractivity contribution in [3.8, 4) is 22.8 Å².